The van der Waals surface area contributed by atoms with E-state index in [0.717, 1.165) is 0 Å². The molecule has 0 bridgehead atoms. The van der Waals surface area contributed by atoms with Crippen molar-refractivity contribution in [2.45, 2.75) is 46.6 Å². The molecule has 5 nitrogen and oxygen atoms in total. The van der Waals surface area contributed by atoms with Crippen molar-refractivity contribution in [2.75, 3.05) is 13.6 Å². The molecule has 18 heavy (non-hydrogen) atoms. The lowest BCUT2D eigenvalue weighted by atomic mass is 10.1. The topological polar surface area (TPSA) is 69.6 Å². The van der Waals surface area contributed by atoms with Crippen LogP contribution in [0.1, 0.15) is 40.5 Å². The van der Waals surface area contributed by atoms with Crippen LogP contribution in [0.2, 0.25) is 0 Å². The number of carbonyl (C=O) groups excluding carboxylic acids is 1. The van der Waals surface area contributed by atoms with Crippen molar-refractivity contribution in [2.24, 2.45) is 11.8 Å². The summed E-state index contributed by atoms with van der Waals surface area (Å²) < 4.78 is 0. The van der Waals surface area contributed by atoms with E-state index in [1.54, 1.807) is 18.9 Å². The van der Waals surface area contributed by atoms with Crippen LogP contribution in [0.3, 0.4) is 0 Å². The Hall–Kier alpha value is -1.26. The van der Waals surface area contributed by atoms with Gasteiger partial charge < -0.3 is 15.3 Å². The van der Waals surface area contributed by atoms with Crippen LogP contribution in [0, 0.1) is 11.8 Å². The lowest BCUT2D eigenvalue weighted by molar-refractivity contribution is -0.141. The molecule has 0 aromatic heterocycles. The summed E-state index contributed by atoms with van der Waals surface area (Å²) in [6.45, 7) is 8.35. The molecule has 0 aliphatic carbocycles. The van der Waals surface area contributed by atoms with Crippen molar-refractivity contribution in [3.63, 3.8) is 0 Å². The van der Waals surface area contributed by atoms with Crippen LogP contribution < -0.4 is 5.32 Å². The van der Waals surface area contributed by atoms with Gasteiger partial charge in [-0.3, -0.25) is 4.79 Å². The highest BCUT2D eigenvalue weighted by Gasteiger charge is 2.18. The molecule has 0 saturated carbocycles. The number of carbonyl (C=O) groups is 2. The van der Waals surface area contributed by atoms with Crippen molar-refractivity contribution in [3.05, 3.63) is 0 Å². The average Bonchev–Trinajstić information content (AvgIpc) is 2.31. The minimum atomic E-state index is -0.785. The van der Waals surface area contributed by atoms with E-state index < -0.39 is 5.97 Å². The fraction of sp³-hybridized carbons (Fsp3) is 0.846. The molecule has 2 atom stereocenters. The Bertz CT molecular complexity index is 279. The standard InChI is InChI=1S/C13H26N2O3/c1-9(2)11(4)15(5)13(18)14-8-6-7-10(3)12(16)17/h9-11H,6-8H2,1-5H3,(H,14,18)(H,16,17). The van der Waals surface area contributed by atoms with Crippen molar-refractivity contribution in [3.8, 4) is 0 Å². The summed E-state index contributed by atoms with van der Waals surface area (Å²) in [5.74, 6) is -0.728. The molecule has 0 spiro atoms. The summed E-state index contributed by atoms with van der Waals surface area (Å²) >= 11 is 0. The molecule has 2 N–H and O–H groups in total. The molecule has 0 aromatic rings. The number of rotatable bonds is 7. The van der Waals surface area contributed by atoms with E-state index in [9.17, 15) is 9.59 Å². The zero-order valence-corrected chi connectivity index (χ0v) is 12.1. The molecule has 5 heteroatoms. The fourth-order valence-electron chi connectivity index (χ4n) is 1.48. The predicted octanol–water partition coefficient (Wildman–Crippen LogP) is 2.17. The number of hydrogen-bond donors (Lipinski definition) is 2. The smallest absolute Gasteiger partial charge is 0.317 e. The summed E-state index contributed by atoms with van der Waals surface area (Å²) in [5.41, 5.74) is 0. The zero-order chi connectivity index (χ0) is 14.3. The number of carboxylic acids is 1. The first kappa shape index (κ1) is 16.7. The second-order valence-electron chi connectivity index (χ2n) is 5.21. The van der Waals surface area contributed by atoms with E-state index in [-0.39, 0.29) is 18.0 Å². The minimum Gasteiger partial charge on any atom is -0.481 e. The first-order valence-electron chi connectivity index (χ1n) is 6.50. The van der Waals surface area contributed by atoms with Gasteiger partial charge in [-0.05, 0) is 25.7 Å². The van der Waals surface area contributed by atoms with Crippen LogP contribution in [0.15, 0.2) is 0 Å². The number of amides is 2. The van der Waals surface area contributed by atoms with Gasteiger partial charge in [0.2, 0.25) is 0 Å². The summed E-state index contributed by atoms with van der Waals surface area (Å²) in [6.07, 6.45) is 1.27. The summed E-state index contributed by atoms with van der Waals surface area (Å²) in [6, 6.07) is 0.0853. The van der Waals surface area contributed by atoms with Crippen LogP contribution in [-0.4, -0.2) is 41.6 Å². The maximum atomic E-state index is 11.8. The Morgan fingerprint density at radius 1 is 1.22 bits per heavy atom. The molecule has 0 aromatic carbocycles. The van der Waals surface area contributed by atoms with Crippen LogP contribution in [-0.2, 0) is 4.79 Å². The molecule has 0 saturated heterocycles. The average molecular weight is 258 g/mol. The van der Waals surface area contributed by atoms with Gasteiger partial charge in [-0.15, -0.1) is 0 Å². The van der Waals surface area contributed by atoms with Gasteiger partial charge >= 0.3 is 12.0 Å². The second-order valence-corrected chi connectivity index (χ2v) is 5.21. The van der Waals surface area contributed by atoms with E-state index >= 15 is 0 Å². The summed E-state index contributed by atoms with van der Waals surface area (Å²) in [5, 5.41) is 11.5. The lowest BCUT2D eigenvalue weighted by Crippen LogP contribution is -2.44. The molecule has 0 radical (unpaired) electrons. The first-order valence-corrected chi connectivity index (χ1v) is 6.50. The molecule has 0 fully saturated rings. The van der Waals surface area contributed by atoms with Gasteiger partial charge in [0.15, 0.2) is 0 Å². The van der Waals surface area contributed by atoms with Gasteiger partial charge in [-0.25, -0.2) is 4.79 Å². The van der Waals surface area contributed by atoms with E-state index in [2.05, 4.69) is 19.2 Å². The third-order valence-corrected chi connectivity index (χ3v) is 3.41. The highest BCUT2D eigenvalue weighted by molar-refractivity contribution is 5.74. The molecule has 2 unspecified atom stereocenters. The number of carboxylic acid groups (broad SMARTS) is 1. The number of nitrogens with one attached hydrogen (secondary N) is 1. The highest BCUT2D eigenvalue weighted by Crippen LogP contribution is 2.08. The molecular formula is C13H26N2O3. The van der Waals surface area contributed by atoms with Gasteiger partial charge in [-0.2, -0.15) is 0 Å². The molecule has 0 rings (SSSR count). The maximum Gasteiger partial charge on any atom is 0.317 e. The van der Waals surface area contributed by atoms with Gasteiger partial charge in [0.05, 0.1) is 5.92 Å². The molecule has 0 aliphatic heterocycles. The Labute approximate surface area is 110 Å². The van der Waals surface area contributed by atoms with Crippen LogP contribution in [0.4, 0.5) is 4.79 Å². The third-order valence-electron chi connectivity index (χ3n) is 3.41. The molecule has 2 amide bonds. The SMILES string of the molecule is CC(CCCNC(=O)N(C)C(C)C(C)C)C(=O)O. The molecule has 0 heterocycles. The normalized spacial score (nSPS) is 14.1. The number of urea groups is 1. The fourth-order valence-corrected chi connectivity index (χ4v) is 1.48. The Morgan fingerprint density at radius 3 is 2.22 bits per heavy atom. The molecule has 106 valence electrons. The maximum absolute atomic E-state index is 11.8. The van der Waals surface area contributed by atoms with Crippen LogP contribution >= 0.6 is 0 Å². The molecular weight excluding hydrogens is 232 g/mol. The van der Waals surface area contributed by atoms with E-state index in [1.807, 2.05) is 6.92 Å². The highest BCUT2D eigenvalue weighted by atomic mass is 16.4. The monoisotopic (exact) mass is 258 g/mol. The lowest BCUT2D eigenvalue weighted by Gasteiger charge is -2.28. The Morgan fingerprint density at radius 2 is 1.78 bits per heavy atom. The number of hydrogen-bond acceptors (Lipinski definition) is 2. The quantitative estimate of drug-likeness (QED) is 0.688. The van der Waals surface area contributed by atoms with E-state index in [1.165, 1.54) is 0 Å². The van der Waals surface area contributed by atoms with Crippen molar-refractivity contribution < 1.29 is 14.7 Å². The largest absolute Gasteiger partial charge is 0.481 e. The van der Waals surface area contributed by atoms with E-state index in [0.29, 0.717) is 25.3 Å². The Kier molecular flexibility index (Phi) is 7.39. The second kappa shape index (κ2) is 7.95. The zero-order valence-electron chi connectivity index (χ0n) is 12.1. The third kappa shape index (κ3) is 5.89. The van der Waals surface area contributed by atoms with Crippen LogP contribution in [0.25, 0.3) is 0 Å². The molecule has 0 aliphatic rings. The van der Waals surface area contributed by atoms with Crippen LogP contribution in [0.5, 0.6) is 0 Å². The first-order chi connectivity index (χ1) is 8.27. The van der Waals surface area contributed by atoms with E-state index in [4.69, 9.17) is 5.11 Å². The van der Waals surface area contributed by atoms with Crippen molar-refractivity contribution in [1.29, 1.82) is 0 Å². The van der Waals surface area contributed by atoms with Gasteiger partial charge in [-0.1, -0.05) is 20.8 Å². The van der Waals surface area contributed by atoms with Gasteiger partial charge in [0.1, 0.15) is 0 Å². The predicted molar refractivity (Wildman–Crippen MR) is 71.5 cm³/mol. The van der Waals surface area contributed by atoms with Gasteiger partial charge in [0, 0.05) is 19.6 Å². The Balaban J connectivity index is 3.87. The summed E-state index contributed by atoms with van der Waals surface area (Å²) in [7, 11) is 1.78. The number of aliphatic carboxylic acids is 1. The minimum absolute atomic E-state index is 0.0980. The van der Waals surface area contributed by atoms with Gasteiger partial charge in [0.25, 0.3) is 0 Å². The number of nitrogens with zero attached hydrogens (tertiary/aromatic N) is 1. The van der Waals surface area contributed by atoms with Crippen molar-refractivity contribution in [1.82, 2.24) is 10.2 Å². The van der Waals surface area contributed by atoms with Crippen molar-refractivity contribution >= 4 is 12.0 Å². The summed E-state index contributed by atoms with van der Waals surface area (Å²) in [4.78, 5) is 24.1.